The van der Waals surface area contributed by atoms with E-state index < -0.39 is 0 Å². The van der Waals surface area contributed by atoms with Crippen LogP contribution in [0.1, 0.15) is 5.01 Å². The number of benzene rings is 1. The monoisotopic (exact) mass is 267 g/mol. The van der Waals surface area contributed by atoms with Crippen LogP contribution in [0, 0.1) is 0 Å². The number of aromatic nitrogens is 2. The first-order valence-corrected chi connectivity index (χ1v) is 6.85. The molecule has 3 rings (SSSR count). The van der Waals surface area contributed by atoms with Gasteiger partial charge in [0.1, 0.15) is 5.01 Å². The lowest BCUT2D eigenvalue weighted by Crippen LogP contribution is -1.94. The van der Waals surface area contributed by atoms with E-state index in [-0.39, 0.29) is 0 Å². The van der Waals surface area contributed by atoms with E-state index in [0.29, 0.717) is 6.54 Å². The highest BCUT2D eigenvalue weighted by Gasteiger charge is 2.13. The minimum Gasteiger partial charge on any atom is -0.325 e. The number of nitrogens with zero attached hydrogens (tertiary/aromatic N) is 2. The molecule has 0 fully saturated rings. The van der Waals surface area contributed by atoms with Gasteiger partial charge in [-0.1, -0.05) is 30.3 Å². The Hall–Kier alpha value is -2.04. The van der Waals surface area contributed by atoms with E-state index >= 15 is 0 Å². The molecule has 94 valence electrons. The Morgan fingerprint density at radius 3 is 2.47 bits per heavy atom. The zero-order valence-electron chi connectivity index (χ0n) is 10.3. The fourth-order valence-corrected chi connectivity index (χ4v) is 2.91. The third-order valence-electron chi connectivity index (χ3n) is 2.82. The van der Waals surface area contributed by atoms with E-state index in [4.69, 9.17) is 5.73 Å². The maximum Gasteiger partial charge on any atom is 0.107 e. The summed E-state index contributed by atoms with van der Waals surface area (Å²) in [6.07, 6.45) is 3.60. The Bertz CT molecular complexity index is 605. The molecule has 2 heterocycles. The highest BCUT2D eigenvalue weighted by atomic mass is 32.1. The molecular weight excluding hydrogens is 254 g/mol. The second-order valence-corrected chi connectivity index (χ2v) is 5.18. The highest BCUT2D eigenvalue weighted by Crippen LogP contribution is 2.36. The van der Waals surface area contributed by atoms with Gasteiger partial charge in [0.2, 0.25) is 0 Å². The number of pyridine rings is 1. The lowest BCUT2D eigenvalue weighted by atomic mass is 10.1. The van der Waals surface area contributed by atoms with E-state index in [1.54, 1.807) is 17.5 Å². The van der Waals surface area contributed by atoms with Gasteiger partial charge in [-0.2, -0.15) is 0 Å². The average molecular weight is 267 g/mol. The fraction of sp³-hybridized carbons (Fsp3) is 0.0667. The second kappa shape index (κ2) is 5.30. The molecule has 19 heavy (non-hydrogen) atoms. The molecule has 1 aromatic carbocycles. The van der Waals surface area contributed by atoms with E-state index in [1.807, 2.05) is 36.5 Å². The quantitative estimate of drug-likeness (QED) is 0.792. The van der Waals surface area contributed by atoms with Crippen molar-refractivity contribution in [2.75, 3.05) is 0 Å². The number of hydrogen-bond acceptors (Lipinski definition) is 4. The van der Waals surface area contributed by atoms with Crippen LogP contribution in [0.3, 0.4) is 0 Å². The number of thiazole rings is 1. The van der Waals surface area contributed by atoms with Crippen molar-refractivity contribution >= 4 is 11.3 Å². The second-order valence-electron chi connectivity index (χ2n) is 4.10. The summed E-state index contributed by atoms with van der Waals surface area (Å²) in [5.74, 6) is 0. The van der Waals surface area contributed by atoms with Crippen LogP contribution >= 0.6 is 11.3 Å². The van der Waals surface area contributed by atoms with Gasteiger partial charge in [0.15, 0.2) is 0 Å². The molecule has 0 saturated carbocycles. The van der Waals surface area contributed by atoms with Crippen molar-refractivity contribution in [3.63, 3.8) is 0 Å². The first-order chi connectivity index (χ1) is 9.38. The predicted molar refractivity (Wildman–Crippen MR) is 78.7 cm³/mol. The number of hydrogen-bond donors (Lipinski definition) is 1. The molecule has 2 aromatic heterocycles. The summed E-state index contributed by atoms with van der Waals surface area (Å²) in [4.78, 5) is 9.94. The van der Waals surface area contributed by atoms with Crippen LogP contribution in [-0.4, -0.2) is 9.97 Å². The van der Waals surface area contributed by atoms with Gasteiger partial charge in [0, 0.05) is 24.5 Å². The van der Waals surface area contributed by atoms with Gasteiger partial charge in [-0.3, -0.25) is 4.98 Å². The molecule has 4 heteroatoms. The molecule has 0 unspecified atom stereocenters. The van der Waals surface area contributed by atoms with Crippen molar-refractivity contribution in [2.24, 2.45) is 5.73 Å². The first-order valence-electron chi connectivity index (χ1n) is 6.04. The first kappa shape index (κ1) is 12.0. The van der Waals surface area contributed by atoms with Crippen molar-refractivity contribution < 1.29 is 0 Å². The van der Waals surface area contributed by atoms with Crippen LogP contribution in [0.25, 0.3) is 21.7 Å². The largest absolute Gasteiger partial charge is 0.325 e. The van der Waals surface area contributed by atoms with Crippen LogP contribution in [0.4, 0.5) is 0 Å². The van der Waals surface area contributed by atoms with Crippen LogP contribution in [-0.2, 0) is 6.54 Å². The summed E-state index contributed by atoms with van der Waals surface area (Å²) in [5, 5.41) is 0.942. The van der Waals surface area contributed by atoms with Gasteiger partial charge < -0.3 is 5.73 Å². The Labute approximate surface area is 115 Å². The molecule has 3 aromatic rings. The standard InChI is InChI=1S/C15H13N3S/c16-9-13-18-14(12-7-4-8-17-10-12)15(19-13)11-5-2-1-3-6-11/h1-8,10H,9,16H2. The highest BCUT2D eigenvalue weighted by molar-refractivity contribution is 7.15. The Balaban J connectivity index is 2.17. The molecule has 0 amide bonds. The van der Waals surface area contributed by atoms with Gasteiger partial charge in [-0.05, 0) is 17.7 Å². The van der Waals surface area contributed by atoms with E-state index in [9.17, 15) is 0 Å². The minimum absolute atomic E-state index is 0.463. The van der Waals surface area contributed by atoms with Crippen molar-refractivity contribution in [3.05, 3.63) is 59.9 Å². The normalized spacial score (nSPS) is 10.6. The molecule has 0 aliphatic heterocycles. The third-order valence-corrected chi connectivity index (χ3v) is 3.94. The van der Waals surface area contributed by atoms with Crippen molar-refractivity contribution in [1.29, 1.82) is 0 Å². The Kier molecular flexibility index (Phi) is 3.35. The van der Waals surface area contributed by atoms with Gasteiger partial charge in [-0.15, -0.1) is 11.3 Å². The lowest BCUT2D eigenvalue weighted by molar-refractivity contribution is 1.04. The molecule has 2 N–H and O–H groups in total. The molecule has 3 nitrogen and oxygen atoms in total. The molecular formula is C15H13N3S. The maximum absolute atomic E-state index is 5.72. The molecule has 0 spiro atoms. The van der Waals surface area contributed by atoms with Gasteiger partial charge >= 0.3 is 0 Å². The summed E-state index contributed by atoms with van der Waals surface area (Å²) in [7, 11) is 0. The fourth-order valence-electron chi connectivity index (χ4n) is 1.94. The minimum atomic E-state index is 0.463. The van der Waals surface area contributed by atoms with Crippen LogP contribution in [0.15, 0.2) is 54.9 Å². The topological polar surface area (TPSA) is 51.8 Å². The zero-order valence-corrected chi connectivity index (χ0v) is 11.1. The van der Waals surface area contributed by atoms with Gasteiger partial charge in [0.25, 0.3) is 0 Å². The van der Waals surface area contributed by atoms with Crippen molar-refractivity contribution in [1.82, 2.24) is 9.97 Å². The summed E-state index contributed by atoms with van der Waals surface area (Å²) >= 11 is 1.64. The molecule has 0 radical (unpaired) electrons. The summed E-state index contributed by atoms with van der Waals surface area (Å²) in [6.45, 7) is 0.463. The number of rotatable bonds is 3. The summed E-state index contributed by atoms with van der Waals surface area (Å²) in [5.41, 5.74) is 8.87. The Morgan fingerprint density at radius 2 is 1.79 bits per heavy atom. The smallest absolute Gasteiger partial charge is 0.107 e. The summed E-state index contributed by atoms with van der Waals surface area (Å²) in [6, 6.07) is 14.2. The van der Waals surface area contributed by atoms with Gasteiger partial charge in [-0.25, -0.2) is 4.98 Å². The van der Waals surface area contributed by atoms with E-state index in [1.165, 1.54) is 5.56 Å². The van der Waals surface area contributed by atoms with Crippen LogP contribution < -0.4 is 5.73 Å². The van der Waals surface area contributed by atoms with Crippen LogP contribution in [0.2, 0.25) is 0 Å². The van der Waals surface area contributed by atoms with E-state index in [0.717, 1.165) is 21.1 Å². The van der Waals surface area contributed by atoms with Crippen LogP contribution in [0.5, 0.6) is 0 Å². The summed E-state index contributed by atoms with van der Waals surface area (Å²) < 4.78 is 0. The lowest BCUT2D eigenvalue weighted by Gasteiger charge is -2.01. The van der Waals surface area contributed by atoms with Crippen molar-refractivity contribution in [2.45, 2.75) is 6.54 Å². The predicted octanol–water partition coefficient (Wildman–Crippen LogP) is 3.33. The molecule has 0 aliphatic rings. The molecule has 0 bridgehead atoms. The van der Waals surface area contributed by atoms with Crippen molar-refractivity contribution in [3.8, 4) is 21.7 Å². The average Bonchev–Trinajstić information content (AvgIpc) is 2.93. The Morgan fingerprint density at radius 1 is 1.00 bits per heavy atom. The molecule has 0 saturated heterocycles. The molecule has 0 atom stereocenters. The SMILES string of the molecule is NCc1nc(-c2cccnc2)c(-c2ccccc2)s1. The van der Waals surface area contributed by atoms with E-state index in [2.05, 4.69) is 22.1 Å². The maximum atomic E-state index is 5.72. The molecule has 0 aliphatic carbocycles. The van der Waals surface area contributed by atoms with Gasteiger partial charge in [0.05, 0.1) is 10.6 Å². The third kappa shape index (κ3) is 2.41. The zero-order chi connectivity index (χ0) is 13.1. The number of nitrogens with two attached hydrogens (primary N) is 1.